The van der Waals surface area contributed by atoms with E-state index in [9.17, 15) is 4.79 Å². The molecule has 1 N–H and O–H groups in total. The molecule has 0 spiro atoms. The highest BCUT2D eigenvalue weighted by atomic mass is 32.1. The lowest BCUT2D eigenvalue weighted by Crippen LogP contribution is -2.22. The highest BCUT2D eigenvalue weighted by Crippen LogP contribution is 2.17. The Labute approximate surface area is 168 Å². The summed E-state index contributed by atoms with van der Waals surface area (Å²) in [4.78, 5) is 16.4. The van der Waals surface area contributed by atoms with Crippen LogP contribution in [0.3, 0.4) is 0 Å². The third-order valence-corrected chi connectivity index (χ3v) is 4.86. The molecule has 0 saturated heterocycles. The van der Waals surface area contributed by atoms with Crippen molar-refractivity contribution >= 4 is 23.3 Å². The Morgan fingerprint density at radius 2 is 2.29 bits per heavy atom. The number of carbonyl (C=O) groups is 1. The molecular formula is C21H24N4O2S. The van der Waals surface area contributed by atoms with Crippen molar-refractivity contribution in [3.05, 3.63) is 69.9 Å². The van der Waals surface area contributed by atoms with Crippen molar-refractivity contribution in [3.63, 3.8) is 0 Å². The molecule has 0 fully saturated rings. The van der Waals surface area contributed by atoms with Crippen LogP contribution in [0.2, 0.25) is 0 Å². The fraction of sp³-hybridized carbons (Fsp3) is 0.286. The molecule has 0 aliphatic rings. The fourth-order valence-corrected chi connectivity index (χ4v) is 3.27. The van der Waals surface area contributed by atoms with Gasteiger partial charge in [0.1, 0.15) is 12.4 Å². The molecule has 0 aliphatic carbocycles. The second kappa shape index (κ2) is 9.85. The van der Waals surface area contributed by atoms with E-state index in [1.54, 1.807) is 28.2 Å². The molecule has 0 radical (unpaired) electrons. The van der Waals surface area contributed by atoms with Gasteiger partial charge in [0.25, 0.3) is 0 Å². The molecule has 0 bridgehead atoms. The summed E-state index contributed by atoms with van der Waals surface area (Å²) in [7, 11) is 1.90. The van der Waals surface area contributed by atoms with Gasteiger partial charge in [0.05, 0.1) is 16.9 Å². The quantitative estimate of drug-likeness (QED) is 0.444. The number of amides is 1. The van der Waals surface area contributed by atoms with E-state index in [2.05, 4.69) is 15.4 Å². The smallest absolute Gasteiger partial charge is 0.243 e. The van der Waals surface area contributed by atoms with Crippen molar-refractivity contribution in [2.24, 2.45) is 7.05 Å². The second-order valence-corrected chi connectivity index (χ2v) is 7.53. The Morgan fingerprint density at radius 3 is 3.04 bits per heavy atom. The standard InChI is InChI=1S/C21H24N4O2S/c1-16-24-19(15-28-16)14-27-20-7-3-5-17(11-20)8-9-21(26)22-10-4-6-18-12-23-25(2)13-18/h3,5,7-9,11-13,15H,4,6,10,14H2,1-2H3,(H,22,26)/b9-8+. The summed E-state index contributed by atoms with van der Waals surface area (Å²) in [6.45, 7) is 3.05. The van der Waals surface area contributed by atoms with Crippen molar-refractivity contribution < 1.29 is 9.53 Å². The first-order chi connectivity index (χ1) is 13.6. The predicted molar refractivity (Wildman–Crippen MR) is 111 cm³/mol. The number of benzene rings is 1. The lowest BCUT2D eigenvalue weighted by Gasteiger charge is -2.05. The van der Waals surface area contributed by atoms with Gasteiger partial charge in [-0.1, -0.05) is 12.1 Å². The first-order valence-corrected chi connectivity index (χ1v) is 10.0. The maximum absolute atomic E-state index is 12.0. The molecule has 2 heterocycles. The van der Waals surface area contributed by atoms with Crippen molar-refractivity contribution in [2.75, 3.05) is 6.54 Å². The SMILES string of the molecule is Cc1nc(COc2cccc(/C=C/C(=O)NCCCc3cnn(C)c3)c2)cs1. The lowest BCUT2D eigenvalue weighted by atomic mass is 10.2. The van der Waals surface area contributed by atoms with Crippen LogP contribution in [-0.2, 0) is 24.9 Å². The van der Waals surface area contributed by atoms with Crippen LogP contribution in [0, 0.1) is 6.92 Å². The Bertz CT molecular complexity index is 945. The summed E-state index contributed by atoms with van der Waals surface area (Å²) in [6.07, 6.45) is 8.96. The summed E-state index contributed by atoms with van der Waals surface area (Å²) in [5.41, 5.74) is 3.02. The van der Waals surface area contributed by atoms with E-state index in [1.165, 1.54) is 5.56 Å². The highest BCUT2D eigenvalue weighted by molar-refractivity contribution is 7.09. The van der Waals surface area contributed by atoms with Crippen molar-refractivity contribution in [1.82, 2.24) is 20.1 Å². The van der Waals surface area contributed by atoms with E-state index in [1.807, 2.05) is 56.0 Å². The topological polar surface area (TPSA) is 69.0 Å². The molecule has 3 aromatic rings. The van der Waals surface area contributed by atoms with Crippen LogP contribution in [0.15, 0.2) is 48.1 Å². The number of rotatable bonds is 9. The summed E-state index contributed by atoms with van der Waals surface area (Å²) >= 11 is 1.61. The highest BCUT2D eigenvalue weighted by Gasteiger charge is 2.01. The zero-order chi connectivity index (χ0) is 19.8. The first kappa shape index (κ1) is 19.8. The van der Waals surface area contributed by atoms with E-state index < -0.39 is 0 Å². The average Bonchev–Trinajstić information content (AvgIpc) is 3.30. The molecule has 1 aromatic carbocycles. The van der Waals surface area contributed by atoms with Gasteiger partial charge < -0.3 is 10.1 Å². The number of nitrogens with zero attached hydrogens (tertiary/aromatic N) is 3. The van der Waals surface area contributed by atoms with Crippen LogP contribution in [0.25, 0.3) is 6.08 Å². The molecule has 0 unspecified atom stereocenters. The van der Waals surface area contributed by atoms with E-state index >= 15 is 0 Å². The van der Waals surface area contributed by atoms with Gasteiger partial charge in [0.2, 0.25) is 5.91 Å². The van der Waals surface area contributed by atoms with E-state index in [0.717, 1.165) is 34.9 Å². The van der Waals surface area contributed by atoms with Gasteiger partial charge in [0, 0.05) is 31.2 Å². The molecule has 1 amide bonds. The first-order valence-electron chi connectivity index (χ1n) is 9.16. The largest absolute Gasteiger partial charge is 0.487 e. The van der Waals surface area contributed by atoms with E-state index in [4.69, 9.17) is 4.74 Å². The van der Waals surface area contributed by atoms with Gasteiger partial charge in [-0.05, 0) is 49.1 Å². The number of aromatic nitrogens is 3. The molecule has 28 heavy (non-hydrogen) atoms. The number of hydrogen-bond acceptors (Lipinski definition) is 5. The number of carbonyl (C=O) groups excluding carboxylic acids is 1. The zero-order valence-corrected chi connectivity index (χ0v) is 16.9. The number of hydrogen-bond donors (Lipinski definition) is 1. The van der Waals surface area contributed by atoms with Crippen LogP contribution >= 0.6 is 11.3 Å². The van der Waals surface area contributed by atoms with Gasteiger partial charge >= 0.3 is 0 Å². The maximum Gasteiger partial charge on any atom is 0.243 e. The number of ether oxygens (including phenoxy) is 1. The normalized spacial score (nSPS) is 11.1. The average molecular weight is 397 g/mol. The number of nitrogens with one attached hydrogen (secondary N) is 1. The van der Waals surface area contributed by atoms with Crippen molar-refractivity contribution in [2.45, 2.75) is 26.4 Å². The minimum Gasteiger partial charge on any atom is -0.487 e. The number of thiazole rings is 1. The molecule has 0 saturated carbocycles. The monoisotopic (exact) mass is 396 g/mol. The van der Waals surface area contributed by atoms with Gasteiger partial charge in [-0.15, -0.1) is 11.3 Å². The minimum absolute atomic E-state index is 0.101. The molecule has 3 rings (SSSR count). The van der Waals surface area contributed by atoms with Gasteiger partial charge in [-0.25, -0.2) is 4.98 Å². The van der Waals surface area contributed by atoms with Crippen LogP contribution in [0.5, 0.6) is 5.75 Å². The van der Waals surface area contributed by atoms with Crippen molar-refractivity contribution in [1.29, 1.82) is 0 Å². The summed E-state index contributed by atoms with van der Waals surface area (Å²) in [5, 5.41) is 10.1. The fourth-order valence-electron chi connectivity index (χ4n) is 2.68. The second-order valence-electron chi connectivity index (χ2n) is 6.47. The zero-order valence-electron chi connectivity index (χ0n) is 16.1. The third kappa shape index (κ3) is 6.35. The minimum atomic E-state index is -0.101. The summed E-state index contributed by atoms with van der Waals surface area (Å²) in [5.74, 6) is 0.653. The molecular weight excluding hydrogens is 372 g/mol. The molecule has 146 valence electrons. The molecule has 0 aliphatic heterocycles. The molecule has 6 nitrogen and oxygen atoms in total. The Balaban J connectivity index is 1.42. The number of aryl methyl sites for hydroxylation is 3. The van der Waals surface area contributed by atoms with Gasteiger partial charge in [-0.3, -0.25) is 9.48 Å². The summed E-state index contributed by atoms with van der Waals surface area (Å²) < 4.78 is 7.56. The van der Waals surface area contributed by atoms with Crippen LogP contribution in [0.1, 0.15) is 28.2 Å². The molecule has 0 atom stereocenters. The van der Waals surface area contributed by atoms with Crippen LogP contribution < -0.4 is 10.1 Å². The van der Waals surface area contributed by atoms with Crippen LogP contribution in [-0.4, -0.2) is 27.2 Å². The third-order valence-electron chi connectivity index (χ3n) is 4.04. The van der Waals surface area contributed by atoms with E-state index in [-0.39, 0.29) is 5.91 Å². The summed E-state index contributed by atoms with van der Waals surface area (Å²) in [6, 6.07) is 7.65. The Kier molecular flexibility index (Phi) is 6.97. The Morgan fingerprint density at radius 1 is 1.39 bits per heavy atom. The molecule has 2 aromatic heterocycles. The van der Waals surface area contributed by atoms with Gasteiger partial charge in [0.15, 0.2) is 0 Å². The Hall–Kier alpha value is -2.93. The van der Waals surface area contributed by atoms with Gasteiger partial charge in [-0.2, -0.15) is 5.10 Å². The lowest BCUT2D eigenvalue weighted by molar-refractivity contribution is -0.116. The van der Waals surface area contributed by atoms with Crippen LogP contribution in [0.4, 0.5) is 0 Å². The van der Waals surface area contributed by atoms with Crippen molar-refractivity contribution in [3.8, 4) is 5.75 Å². The predicted octanol–water partition coefficient (Wildman–Crippen LogP) is 3.53. The van der Waals surface area contributed by atoms with E-state index in [0.29, 0.717) is 13.2 Å². The molecule has 7 heteroatoms. The maximum atomic E-state index is 12.0.